The van der Waals surface area contributed by atoms with Crippen molar-refractivity contribution in [3.8, 4) is 6.07 Å². The number of amides is 1. The van der Waals surface area contributed by atoms with Crippen molar-refractivity contribution in [3.63, 3.8) is 0 Å². The summed E-state index contributed by atoms with van der Waals surface area (Å²) in [7, 11) is 0. The van der Waals surface area contributed by atoms with E-state index < -0.39 is 29.0 Å². The Bertz CT molecular complexity index is 1150. The lowest BCUT2D eigenvalue weighted by atomic mass is 9.85. The molecule has 0 radical (unpaired) electrons. The van der Waals surface area contributed by atoms with Crippen LogP contribution in [0.1, 0.15) is 63.1 Å². The number of carbonyl (C=O) groups is 3. The maximum absolute atomic E-state index is 13.2. The average molecular weight is 497 g/mol. The zero-order valence-corrected chi connectivity index (χ0v) is 21.0. The molecule has 2 aromatic carbocycles. The second kappa shape index (κ2) is 10.5. The van der Waals surface area contributed by atoms with Gasteiger partial charge in [-0.05, 0) is 69.5 Å². The van der Waals surface area contributed by atoms with Gasteiger partial charge in [-0.1, -0.05) is 35.9 Å². The molecule has 1 fully saturated rings. The Hall–Kier alpha value is -3.37. The molecule has 1 saturated heterocycles. The van der Waals surface area contributed by atoms with Crippen LogP contribution in [0.3, 0.4) is 0 Å². The number of rotatable bonds is 8. The highest BCUT2D eigenvalue weighted by molar-refractivity contribution is 6.30. The molecule has 1 aliphatic rings. The zero-order valence-electron chi connectivity index (χ0n) is 20.3. The highest BCUT2D eigenvalue weighted by Crippen LogP contribution is 2.30. The predicted molar refractivity (Wildman–Crippen MR) is 131 cm³/mol. The van der Waals surface area contributed by atoms with E-state index in [0.717, 1.165) is 11.1 Å². The molecular weight excluding hydrogens is 468 g/mol. The Kier molecular flexibility index (Phi) is 7.86. The van der Waals surface area contributed by atoms with Crippen LogP contribution in [0, 0.1) is 11.3 Å². The first-order valence-electron chi connectivity index (χ1n) is 11.4. The molecule has 1 aliphatic heterocycles. The van der Waals surface area contributed by atoms with Crippen molar-refractivity contribution in [3.05, 3.63) is 70.2 Å². The summed E-state index contributed by atoms with van der Waals surface area (Å²) in [5, 5.41) is 13.0. The van der Waals surface area contributed by atoms with Gasteiger partial charge in [0, 0.05) is 29.8 Å². The van der Waals surface area contributed by atoms with Gasteiger partial charge in [-0.25, -0.2) is 4.79 Å². The molecule has 3 rings (SSSR count). The summed E-state index contributed by atoms with van der Waals surface area (Å²) in [5.41, 5.74) is -0.454. The van der Waals surface area contributed by atoms with Gasteiger partial charge in [0.05, 0.1) is 11.6 Å². The summed E-state index contributed by atoms with van der Waals surface area (Å²) < 4.78 is 10.6. The number of hydrogen-bond acceptors (Lipinski definition) is 6. The number of halogens is 1. The van der Waals surface area contributed by atoms with E-state index in [1.54, 1.807) is 6.07 Å². The van der Waals surface area contributed by atoms with E-state index in [1.165, 1.54) is 20.8 Å². The molecule has 1 unspecified atom stereocenters. The van der Waals surface area contributed by atoms with E-state index in [0.29, 0.717) is 17.0 Å². The van der Waals surface area contributed by atoms with E-state index in [2.05, 4.69) is 11.4 Å². The van der Waals surface area contributed by atoms with E-state index in [1.807, 2.05) is 49.4 Å². The van der Waals surface area contributed by atoms with Crippen LogP contribution in [0.15, 0.2) is 48.5 Å². The van der Waals surface area contributed by atoms with Crippen molar-refractivity contribution >= 4 is 29.4 Å². The van der Waals surface area contributed by atoms with Crippen LogP contribution in [-0.4, -0.2) is 35.1 Å². The number of hydrogen-bond donors (Lipinski definition) is 1. The van der Waals surface area contributed by atoms with Crippen molar-refractivity contribution < 1.29 is 23.9 Å². The molecule has 0 saturated carbocycles. The number of nitriles is 1. The molecule has 1 N–H and O–H groups in total. The van der Waals surface area contributed by atoms with Gasteiger partial charge in [-0.3, -0.25) is 9.59 Å². The summed E-state index contributed by atoms with van der Waals surface area (Å²) >= 11 is 6.03. The van der Waals surface area contributed by atoms with Crippen molar-refractivity contribution in [2.24, 2.45) is 0 Å². The lowest BCUT2D eigenvalue weighted by molar-refractivity contribution is -0.185. The fraction of sp³-hybridized carbons (Fsp3) is 0.407. The topological polar surface area (TPSA) is 105 Å². The molecule has 1 heterocycles. The molecule has 0 aliphatic carbocycles. The Morgan fingerprint density at radius 2 is 1.94 bits per heavy atom. The van der Waals surface area contributed by atoms with Crippen molar-refractivity contribution in [1.29, 1.82) is 5.26 Å². The van der Waals surface area contributed by atoms with Crippen LogP contribution >= 0.6 is 11.6 Å². The second-order valence-corrected chi connectivity index (χ2v) is 9.98. The number of carbonyl (C=O) groups excluding carboxylic acids is 3. The number of nitrogens with one attached hydrogen (secondary N) is 1. The number of nitrogens with zero attached hydrogens (tertiary/aromatic N) is 1. The van der Waals surface area contributed by atoms with E-state index in [9.17, 15) is 19.6 Å². The van der Waals surface area contributed by atoms with Crippen molar-refractivity contribution in [1.82, 2.24) is 5.32 Å². The lowest BCUT2D eigenvalue weighted by Crippen LogP contribution is -2.52. The SMILES string of the molecule is C[C@H](NC(=O)C(C)(C)OC(=O)C1(C)CCC(=O)O1)[C@@H](Cc1ccc(Cl)cc1)c1cccc(C#N)c1. The molecule has 0 aromatic heterocycles. The summed E-state index contributed by atoms with van der Waals surface area (Å²) in [6, 6.07) is 16.5. The van der Waals surface area contributed by atoms with Crippen molar-refractivity contribution in [2.75, 3.05) is 0 Å². The van der Waals surface area contributed by atoms with Crippen LogP contribution < -0.4 is 5.32 Å². The van der Waals surface area contributed by atoms with Gasteiger partial charge in [-0.2, -0.15) is 5.26 Å². The summed E-state index contributed by atoms with van der Waals surface area (Å²) in [6.45, 7) is 6.35. The smallest absolute Gasteiger partial charge is 0.351 e. The highest BCUT2D eigenvalue weighted by Gasteiger charge is 2.47. The maximum Gasteiger partial charge on any atom is 0.351 e. The third-order valence-corrected chi connectivity index (χ3v) is 6.50. The quantitative estimate of drug-likeness (QED) is 0.541. The van der Waals surface area contributed by atoms with Gasteiger partial charge in [0.15, 0.2) is 5.60 Å². The minimum Gasteiger partial charge on any atom is -0.447 e. The summed E-state index contributed by atoms with van der Waals surface area (Å²) in [4.78, 5) is 37.4. The van der Waals surface area contributed by atoms with Crippen LogP contribution in [0.4, 0.5) is 0 Å². The number of cyclic esters (lactones) is 1. The molecule has 184 valence electrons. The van der Waals surface area contributed by atoms with Crippen LogP contribution in [0.2, 0.25) is 5.02 Å². The Labute approximate surface area is 210 Å². The Morgan fingerprint density at radius 3 is 2.54 bits per heavy atom. The Balaban J connectivity index is 1.78. The van der Waals surface area contributed by atoms with Crippen LogP contribution in [0.5, 0.6) is 0 Å². The minimum atomic E-state index is -1.50. The molecule has 1 amide bonds. The van der Waals surface area contributed by atoms with Crippen LogP contribution in [0.25, 0.3) is 0 Å². The van der Waals surface area contributed by atoms with Gasteiger partial charge >= 0.3 is 11.9 Å². The third-order valence-electron chi connectivity index (χ3n) is 6.25. The normalized spacial score (nSPS) is 19.3. The maximum atomic E-state index is 13.2. The standard InChI is InChI=1S/C27H29ClN2O5/c1-17(30-24(32)26(2,3)35-25(33)27(4)13-12-23(31)34-27)22(15-18-8-10-21(28)11-9-18)20-7-5-6-19(14-20)16-29/h5-11,14,17,22H,12-13,15H2,1-4H3,(H,30,32)/t17-,22+,27?/m0/s1. The highest BCUT2D eigenvalue weighted by atomic mass is 35.5. The minimum absolute atomic E-state index is 0.128. The molecule has 7 nitrogen and oxygen atoms in total. The zero-order chi connectivity index (χ0) is 25.8. The molecule has 0 spiro atoms. The van der Waals surface area contributed by atoms with Gasteiger partial charge in [0.1, 0.15) is 0 Å². The first-order valence-corrected chi connectivity index (χ1v) is 11.8. The number of ether oxygens (including phenoxy) is 2. The summed E-state index contributed by atoms with van der Waals surface area (Å²) in [5.74, 6) is -1.88. The second-order valence-electron chi connectivity index (χ2n) is 9.54. The Morgan fingerprint density at radius 1 is 1.26 bits per heavy atom. The molecular formula is C27H29ClN2O5. The van der Waals surface area contributed by atoms with Crippen molar-refractivity contribution in [2.45, 2.75) is 70.1 Å². The third kappa shape index (κ3) is 6.40. The largest absolute Gasteiger partial charge is 0.447 e. The number of esters is 2. The molecule has 8 heteroatoms. The monoisotopic (exact) mass is 496 g/mol. The first-order chi connectivity index (χ1) is 16.4. The predicted octanol–water partition coefficient (Wildman–Crippen LogP) is 4.46. The van der Waals surface area contributed by atoms with Gasteiger partial charge < -0.3 is 14.8 Å². The van der Waals surface area contributed by atoms with E-state index in [-0.39, 0.29) is 24.8 Å². The van der Waals surface area contributed by atoms with Crippen LogP contribution in [-0.2, 0) is 30.3 Å². The fourth-order valence-electron chi connectivity index (χ4n) is 4.00. The average Bonchev–Trinajstić information content (AvgIpc) is 3.18. The fourth-order valence-corrected chi connectivity index (χ4v) is 4.13. The van der Waals surface area contributed by atoms with Gasteiger partial charge in [0.2, 0.25) is 5.60 Å². The number of benzene rings is 2. The molecule has 2 aromatic rings. The summed E-state index contributed by atoms with van der Waals surface area (Å²) in [6.07, 6.45) is 0.919. The van der Waals surface area contributed by atoms with E-state index >= 15 is 0 Å². The molecule has 35 heavy (non-hydrogen) atoms. The molecule has 0 bridgehead atoms. The van der Waals surface area contributed by atoms with Gasteiger partial charge in [0.25, 0.3) is 5.91 Å². The first kappa shape index (κ1) is 26.2. The lowest BCUT2D eigenvalue weighted by Gasteiger charge is -2.32. The molecule has 3 atom stereocenters. The van der Waals surface area contributed by atoms with Gasteiger partial charge in [-0.15, -0.1) is 0 Å². The van der Waals surface area contributed by atoms with E-state index in [4.69, 9.17) is 21.1 Å².